The molecule has 288 valence electrons. The predicted octanol–water partition coefficient (Wildman–Crippen LogP) is 12.1. The van der Waals surface area contributed by atoms with Crippen molar-refractivity contribution in [3.8, 4) is 0 Å². The molecule has 0 N–H and O–H groups in total. The summed E-state index contributed by atoms with van der Waals surface area (Å²) in [6.45, 7) is 58.7. The van der Waals surface area contributed by atoms with Gasteiger partial charge in [0.25, 0.3) is 0 Å². The normalized spacial score (nSPS) is 19.2. The molecule has 0 aromatic heterocycles. The molecule has 1 aliphatic heterocycles. The van der Waals surface area contributed by atoms with Crippen LogP contribution in [0, 0.1) is 0 Å². The van der Waals surface area contributed by atoms with E-state index in [9.17, 15) is 0 Å². The quantitative estimate of drug-likeness (QED) is 0.159. The van der Waals surface area contributed by atoms with Gasteiger partial charge in [0.2, 0.25) is 0 Å². The standard InChI is InChI=1S/C24H50Si5.C12H17.C9H13Si.Sn/c1-25(2,3)19-20-16-21(23(26(4,5)6)27(7,8)9)18-22(17-20)24(28(10,11)12)29(13,14)15;1-9(2)11-6-5-7-12(8-11)10(3)4;1-10(2,3)9-7-5-4-6-8-9;/h16,18-19,23-24H,1-15H3;5-7,9-10H,1-4H3;4-7H,1-3H3;. The Kier molecular flexibility index (Phi) is 12.5. The van der Waals surface area contributed by atoms with Crippen molar-refractivity contribution in [2.75, 3.05) is 0 Å². The van der Waals surface area contributed by atoms with E-state index in [1.807, 2.05) is 21.9 Å². The molecular formula is C45H80Si6Sn. The van der Waals surface area contributed by atoms with Crippen LogP contribution in [0.2, 0.25) is 118 Å². The van der Waals surface area contributed by atoms with E-state index >= 15 is 0 Å². The first-order valence-corrected chi connectivity index (χ1v) is 48.0. The number of fused-ring (bicyclic) bond motifs is 1. The summed E-state index contributed by atoms with van der Waals surface area (Å²) >= 11 is -3.85. The predicted molar refractivity (Wildman–Crippen MR) is 260 cm³/mol. The Hall–Kier alpha value is -0.240. The van der Waals surface area contributed by atoms with Gasteiger partial charge in [-0.1, -0.05) is 0 Å². The van der Waals surface area contributed by atoms with Crippen LogP contribution in [0.3, 0.4) is 0 Å². The molecule has 0 bridgehead atoms. The van der Waals surface area contributed by atoms with Gasteiger partial charge in [-0.3, -0.25) is 0 Å². The summed E-state index contributed by atoms with van der Waals surface area (Å²) in [6, 6.07) is 23.7. The van der Waals surface area contributed by atoms with E-state index in [1.165, 1.54) is 0 Å². The second-order valence-corrected chi connectivity index (χ2v) is 69.0. The molecule has 2 atom stereocenters. The van der Waals surface area contributed by atoms with Crippen LogP contribution in [0.15, 0.2) is 54.6 Å². The molecule has 1 heterocycles. The molecule has 52 heavy (non-hydrogen) atoms. The monoisotopic (exact) mass is 908 g/mol. The molecule has 0 fully saturated rings. The van der Waals surface area contributed by atoms with Gasteiger partial charge in [0.05, 0.1) is 0 Å². The van der Waals surface area contributed by atoms with Crippen molar-refractivity contribution in [1.29, 1.82) is 0 Å². The third kappa shape index (κ3) is 8.11. The molecule has 0 spiro atoms. The Balaban J connectivity index is 2.51. The van der Waals surface area contributed by atoms with Crippen molar-refractivity contribution in [2.24, 2.45) is 0 Å². The molecule has 4 rings (SSSR count). The Morgan fingerprint density at radius 3 is 1.31 bits per heavy atom. The minimum atomic E-state index is -3.85. The maximum atomic E-state index is 2.97. The van der Waals surface area contributed by atoms with Gasteiger partial charge in [-0.2, -0.15) is 0 Å². The SMILES string of the molecule is CC(C)c1cccc(C(C)C)[c]1[Sn]1([c]2ccccc2[Si](C)(C)C)[c]2c(C([Si](C)(C)C)[Si](C)(C)C)cc(C([Si](C)(C)C)[Si](C)(C)C)cc2[CH]1[Si](C)(C)C. The van der Waals surface area contributed by atoms with Crippen LogP contribution in [0.1, 0.15) is 81.2 Å². The maximum absolute atomic E-state index is 3.85. The Bertz CT molecular complexity index is 1710. The number of rotatable bonds is 12. The average Bonchev–Trinajstić information content (AvgIpc) is 2.89. The molecule has 2 unspecified atom stereocenters. The van der Waals surface area contributed by atoms with Crippen LogP contribution in [0.25, 0.3) is 0 Å². The van der Waals surface area contributed by atoms with Crippen molar-refractivity contribution in [3.63, 3.8) is 0 Å². The molecule has 0 radical (unpaired) electrons. The van der Waals surface area contributed by atoms with Gasteiger partial charge in [-0.05, 0) is 0 Å². The van der Waals surface area contributed by atoms with Crippen molar-refractivity contribution in [3.05, 3.63) is 82.4 Å². The number of hydrogen-bond acceptors (Lipinski definition) is 0. The third-order valence-electron chi connectivity index (χ3n) is 12.3. The molecule has 3 aromatic carbocycles. The fraction of sp³-hybridized carbons (Fsp3) is 0.600. The van der Waals surface area contributed by atoms with E-state index in [2.05, 4.69) is 200 Å². The van der Waals surface area contributed by atoms with Gasteiger partial charge in [-0.25, -0.2) is 0 Å². The van der Waals surface area contributed by atoms with Crippen LogP contribution in [-0.4, -0.2) is 66.8 Å². The van der Waals surface area contributed by atoms with Crippen molar-refractivity contribution >= 4 is 82.7 Å². The van der Waals surface area contributed by atoms with Gasteiger partial charge in [0.1, 0.15) is 0 Å². The zero-order valence-corrected chi connectivity index (χ0v) is 46.9. The second kappa shape index (κ2) is 14.6. The van der Waals surface area contributed by atoms with Crippen LogP contribution >= 0.6 is 0 Å². The summed E-state index contributed by atoms with van der Waals surface area (Å²) in [5.74, 6) is 1.01. The summed E-state index contributed by atoms with van der Waals surface area (Å²) in [6.07, 6.45) is 0. The zero-order valence-electron chi connectivity index (χ0n) is 38.1. The Morgan fingerprint density at radius 2 is 0.923 bits per heavy atom. The molecule has 7 heteroatoms. The molecule has 0 saturated heterocycles. The second-order valence-electron chi connectivity index (χ2n) is 23.9. The van der Waals surface area contributed by atoms with Crippen molar-refractivity contribution in [1.82, 2.24) is 0 Å². The van der Waals surface area contributed by atoms with Crippen LogP contribution in [0.4, 0.5) is 0 Å². The fourth-order valence-electron chi connectivity index (χ4n) is 11.9. The topological polar surface area (TPSA) is 0 Å². The van der Waals surface area contributed by atoms with Crippen LogP contribution < -0.4 is 15.9 Å². The van der Waals surface area contributed by atoms with Crippen LogP contribution in [-0.2, 0) is 0 Å². The first kappa shape index (κ1) is 44.5. The van der Waals surface area contributed by atoms with Crippen molar-refractivity contribution < 1.29 is 0 Å². The minimum absolute atomic E-state index is 0.503. The first-order valence-electron chi connectivity index (χ1n) is 20.7. The summed E-state index contributed by atoms with van der Waals surface area (Å²) < 4.78 is 6.47. The molecular weight excluding hydrogens is 828 g/mol. The van der Waals surface area contributed by atoms with Gasteiger partial charge in [-0.15, -0.1) is 0 Å². The first-order chi connectivity index (χ1) is 23.3. The van der Waals surface area contributed by atoms with E-state index in [4.69, 9.17) is 0 Å². The average molecular weight is 908 g/mol. The summed E-state index contributed by atoms with van der Waals surface area (Å²) in [4.78, 5) is 0. The summed E-state index contributed by atoms with van der Waals surface area (Å²) in [7, 11) is -9.81. The summed E-state index contributed by atoms with van der Waals surface area (Å²) in [5, 5.41) is 3.25. The zero-order chi connectivity index (χ0) is 39.9. The van der Waals surface area contributed by atoms with Crippen molar-refractivity contribution in [2.45, 2.75) is 171 Å². The number of benzene rings is 3. The molecule has 0 saturated carbocycles. The number of hydrogen-bond donors (Lipinski definition) is 0. The van der Waals surface area contributed by atoms with E-state index in [0.29, 0.717) is 11.8 Å². The van der Waals surface area contributed by atoms with Gasteiger partial charge in [0, 0.05) is 0 Å². The molecule has 0 aliphatic carbocycles. The fourth-order valence-corrected chi connectivity index (χ4v) is 78.3. The molecule has 0 amide bonds. The van der Waals surface area contributed by atoms with Gasteiger partial charge >= 0.3 is 336 Å². The third-order valence-corrected chi connectivity index (χ3v) is 60.8. The molecule has 0 nitrogen and oxygen atoms in total. The Morgan fingerprint density at radius 1 is 0.481 bits per heavy atom. The van der Waals surface area contributed by atoms with E-state index in [1.54, 1.807) is 21.9 Å². The molecule has 1 aliphatic rings. The van der Waals surface area contributed by atoms with Gasteiger partial charge < -0.3 is 0 Å². The van der Waals surface area contributed by atoms with E-state index < -0.39 is 66.8 Å². The van der Waals surface area contributed by atoms with E-state index in [0.717, 1.165) is 13.9 Å². The van der Waals surface area contributed by atoms with Gasteiger partial charge in [0.15, 0.2) is 0 Å². The summed E-state index contributed by atoms with van der Waals surface area (Å²) in [5.41, 5.74) is 8.85. The van der Waals surface area contributed by atoms with E-state index in [-0.39, 0.29) is 0 Å². The van der Waals surface area contributed by atoms with Crippen LogP contribution in [0.5, 0.6) is 0 Å². The molecule has 3 aromatic rings. The Labute approximate surface area is 333 Å².